The third-order valence-electron chi connectivity index (χ3n) is 5.21. The van der Waals surface area contributed by atoms with Crippen LogP contribution in [-0.2, 0) is 10.3 Å². The van der Waals surface area contributed by atoms with Crippen molar-refractivity contribution >= 4 is 0 Å². The van der Waals surface area contributed by atoms with Crippen LogP contribution < -0.4 is 5.73 Å². The maximum Gasteiger partial charge on any atom is 0.0726 e. The number of hydrogen-bond donors (Lipinski definition) is 1. The lowest BCUT2D eigenvalue weighted by molar-refractivity contribution is 0.0998. The molecule has 0 radical (unpaired) electrons. The van der Waals surface area contributed by atoms with Crippen LogP contribution in [0.1, 0.15) is 36.5 Å². The Labute approximate surface area is 126 Å². The molecule has 0 saturated heterocycles. The van der Waals surface area contributed by atoms with Crippen molar-refractivity contribution < 1.29 is 4.74 Å². The van der Waals surface area contributed by atoms with Gasteiger partial charge in [-0.15, -0.1) is 0 Å². The molecule has 2 unspecified atom stereocenters. The molecule has 3 rings (SSSR count). The smallest absolute Gasteiger partial charge is 0.0726 e. The molecule has 0 saturated carbocycles. The summed E-state index contributed by atoms with van der Waals surface area (Å²) in [6.45, 7) is 5.20. The summed E-state index contributed by atoms with van der Waals surface area (Å²) in [5, 5.41) is 0. The first kappa shape index (κ1) is 14.3. The number of hydrogen-bond acceptors (Lipinski definition) is 2. The maximum absolute atomic E-state index is 7.03. The normalized spacial score (nSPS) is 26.6. The lowest BCUT2D eigenvalue weighted by atomic mass is 9.66. The minimum absolute atomic E-state index is 0.117. The molecule has 0 fully saturated rings. The van der Waals surface area contributed by atoms with Crippen LogP contribution in [0.3, 0.4) is 0 Å². The van der Waals surface area contributed by atoms with Crippen molar-refractivity contribution in [1.29, 1.82) is 0 Å². The van der Waals surface area contributed by atoms with Crippen LogP contribution in [0.25, 0.3) is 0 Å². The first-order valence-electron chi connectivity index (χ1n) is 7.46. The Bertz CT molecular complexity index is 635. The van der Waals surface area contributed by atoms with Gasteiger partial charge in [0.1, 0.15) is 0 Å². The fourth-order valence-corrected chi connectivity index (χ4v) is 3.86. The molecule has 0 amide bonds. The standard InChI is InChI=1S/C19H23NO/c1-18(2)17(13-21-3)15-11-7-8-12-16(15)19(18,20)14-9-5-4-6-10-14/h4-12,17H,13,20H2,1-3H3. The van der Waals surface area contributed by atoms with E-state index in [0.29, 0.717) is 12.5 Å². The Morgan fingerprint density at radius 3 is 2.29 bits per heavy atom. The van der Waals surface area contributed by atoms with Gasteiger partial charge in [0.25, 0.3) is 0 Å². The largest absolute Gasteiger partial charge is 0.384 e. The van der Waals surface area contributed by atoms with E-state index in [1.807, 2.05) is 6.07 Å². The highest BCUT2D eigenvalue weighted by molar-refractivity contribution is 5.52. The second-order valence-electron chi connectivity index (χ2n) is 6.49. The van der Waals surface area contributed by atoms with E-state index < -0.39 is 5.54 Å². The van der Waals surface area contributed by atoms with Crippen molar-refractivity contribution in [3.8, 4) is 0 Å². The van der Waals surface area contributed by atoms with E-state index in [1.54, 1.807) is 7.11 Å². The molecular formula is C19H23NO. The molecule has 110 valence electrons. The lowest BCUT2D eigenvalue weighted by Gasteiger charge is -2.42. The van der Waals surface area contributed by atoms with Crippen LogP contribution in [0, 0.1) is 5.41 Å². The quantitative estimate of drug-likeness (QED) is 0.932. The number of nitrogens with two attached hydrogens (primary N) is 1. The van der Waals surface area contributed by atoms with E-state index >= 15 is 0 Å². The molecule has 2 heteroatoms. The minimum Gasteiger partial charge on any atom is -0.384 e. The fourth-order valence-electron chi connectivity index (χ4n) is 3.86. The van der Waals surface area contributed by atoms with E-state index in [2.05, 4.69) is 62.4 Å². The second kappa shape index (κ2) is 4.97. The van der Waals surface area contributed by atoms with E-state index in [4.69, 9.17) is 10.5 Å². The zero-order valence-corrected chi connectivity index (χ0v) is 13.0. The average Bonchev–Trinajstić information content (AvgIpc) is 2.68. The van der Waals surface area contributed by atoms with Gasteiger partial charge >= 0.3 is 0 Å². The SMILES string of the molecule is COCC1c2ccccc2C(N)(c2ccccc2)C1(C)C. The summed E-state index contributed by atoms with van der Waals surface area (Å²) in [5.74, 6) is 0.295. The molecule has 1 aliphatic carbocycles. The second-order valence-corrected chi connectivity index (χ2v) is 6.49. The summed E-state index contributed by atoms with van der Waals surface area (Å²) in [7, 11) is 1.76. The van der Waals surface area contributed by atoms with Crippen molar-refractivity contribution in [2.75, 3.05) is 13.7 Å². The molecule has 2 aromatic carbocycles. The predicted molar refractivity (Wildman–Crippen MR) is 86.2 cm³/mol. The molecule has 0 heterocycles. The van der Waals surface area contributed by atoms with E-state index in [1.165, 1.54) is 16.7 Å². The molecule has 1 aliphatic rings. The molecule has 21 heavy (non-hydrogen) atoms. The minimum atomic E-state index is -0.492. The van der Waals surface area contributed by atoms with Crippen LogP contribution >= 0.6 is 0 Å². The maximum atomic E-state index is 7.03. The summed E-state index contributed by atoms with van der Waals surface area (Å²) in [5.41, 5.74) is 10.1. The van der Waals surface area contributed by atoms with Crippen LogP contribution in [0.5, 0.6) is 0 Å². The van der Waals surface area contributed by atoms with Gasteiger partial charge in [-0.05, 0) is 16.7 Å². The summed E-state index contributed by atoms with van der Waals surface area (Å²) in [6.07, 6.45) is 0. The van der Waals surface area contributed by atoms with Gasteiger partial charge in [0.15, 0.2) is 0 Å². The lowest BCUT2D eigenvalue weighted by Crippen LogP contribution is -2.49. The zero-order valence-electron chi connectivity index (χ0n) is 13.0. The van der Waals surface area contributed by atoms with Crippen LogP contribution in [0.15, 0.2) is 54.6 Å². The van der Waals surface area contributed by atoms with Gasteiger partial charge in [0.2, 0.25) is 0 Å². The number of fused-ring (bicyclic) bond motifs is 1. The van der Waals surface area contributed by atoms with E-state index in [-0.39, 0.29) is 5.41 Å². The van der Waals surface area contributed by atoms with Crippen LogP contribution in [-0.4, -0.2) is 13.7 Å². The van der Waals surface area contributed by atoms with Gasteiger partial charge in [0, 0.05) is 18.4 Å². The molecular weight excluding hydrogens is 258 g/mol. The molecule has 2 nitrogen and oxygen atoms in total. The molecule has 2 N–H and O–H groups in total. The van der Waals surface area contributed by atoms with E-state index in [0.717, 1.165) is 0 Å². The fraction of sp³-hybridized carbons (Fsp3) is 0.368. The summed E-state index contributed by atoms with van der Waals surface area (Å²) in [4.78, 5) is 0. The molecule has 2 atom stereocenters. The number of methoxy groups -OCH3 is 1. The van der Waals surface area contributed by atoms with Gasteiger partial charge in [-0.2, -0.15) is 0 Å². The van der Waals surface area contributed by atoms with Crippen molar-refractivity contribution in [2.45, 2.75) is 25.3 Å². The van der Waals surface area contributed by atoms with Crippen molar-refractivity contribution in [3.63, 3.8) is 0 Å². The zero-order chi connectivity index (χ0) is 15.1. The Balaban J connectivity index is 2.25. The number of ether oxygens (including phenoxy) is 1. The van der Waals surface area contributed by atoms with Crippen molar-refractivity contribution in [3.05, 3.63) is 71.3 Å². The molecule has 2 aromatic rings. The molecule has 0 aromatic heterocycles. The topological polar surface area (TPSA) is 35.2 Å². The predicted octanol–water partition coefficient (Wildman–Crippen LogP) is 3.66. The van der Waals surface area contributed by atoms with Gasteiger partial charge in [-0.25, -0.2) is 0 Å². The molecule has 0 aliphatic heterocycles. The van der Waals surface area contributed by atoms with Gasteiger partial charge < -0.3 is 10.5 Å². The highest BCUT2D eigenvalue weighted by atomic mass is 16.5. The first-order valence-corrected chi connectivity index (χ1v) is 7.46. The summed E-state index contributed by atoms with van der Waals surface area (Å²) in [6, 6.07) is 19.0. The highest BCUT2D eigenvalue weighted by Crippen LogP contribution is 2.58. The first-order chi connectivity index (χ1) is 10.0. The van der Waals surface area contributed by atoms with E-state index in [9.17, 15) is 0 Å². The Morgan fingerprint density at radius 1 is 1.00 bits per heavy atom. The average molecular weight is 281 g/mol. The van der Waals surface area contributed by atoms with Crippen LogP contribution in [0.2, 0.25) is 0 Å². The third-order valence-corrected chi connectivity index (χ3v) is 5.21. The van der Waals surface area contributed by atoms with Crippen molar-refractivity contribution in [1.82, 2.24) is 0 Å². The van der Waals surface area contributed by atoms with Gasteiger partial charge in [0.05, 0.1) is 12.1 Å². The van der Waals surface area contributed by atoms with Crippen LogP contribution in [0.4, 0.5) is 0 Å². The summed E-state index contributed by atoms with van der Waals surface area (Å²) < 4.78 is 5.49. The monoisotopic (exact) mass is 281 g/mol. The summed E-state index contributed by atoms with van der Waals surface area (Å²) >= 11 is 0. The molecule has 0 spiro atoms. The van der Waals surface area contributed by atoms with Gasteiger partial charge in [-0.3, -0.25) is 0 Å². The Kier molecular flexibility index (Phi) is 3.39. The van der Waals surface area contributed by atoms with Gasteiger partial charge in [-0.1, -0.05) is 68.4 Å². The molecule has 0 bridgehead atoms. The third kappa shape index (κ3) is 1.86. The van der Waals surface area contributed by atoms with Crippen molar-refractivity contribution in [2.24, 2.45) is 11.1 Å². The Hall–Kier alpha value is -1.64. The number of rotatable bonds is 3. The Morgan fingerprint density at radius 2 is 1.62 bits per heavy atom. The number of benzene rings is 2. The highest BCUT2D eigenvalue weighted by Gasteiger charge is 2.56.